The first-order chi connectivity index (χ1) is 8.04. The number of hydrogen-bond acceptors (Lipinski definition) is 3. The summed E-state index contributed by atoms with van der Waals surface area (Å²) in [5.74, 6) is 0. The Morgan fingerprint density at radius 3 is 2.41 bits per heavy atom. The van der Waals surface area contributed by atoms with Gasteiger partial charge < -0.3 is 4.89 Å². The number of hydrogen-bond donors (Lipinski definition) is 1. The van der Waals surface area contributed by atoms with Crippen LogP contribution in [0.2, 0.25) is 0 Å². The molecule has 5 heteroatoms. The van der Waals surface area contributed by atoms with Crippen LogP contribution in [-0.2, 0) is 13.6 Å². The van der Waals surface area contributed by atoms with E-state index in [1.165, 1.54) is 0 Å². The molecule has 0 aromatic rings. The Labute approximate surface area is 104 Å². The molecule has 1 unspecified atom stereocenters. The molecule has 1 fully saturated rings. The van der Waals surface area contributed by atoms with Crippen LogP contribution in [0.5, 0.6) is 0 Å². The van der Waals surface area contributed by atoms with Crippen molar-refractivity contribution in [2.45, 2.75) is 70.8 Å². The standard InChI is InChI=1S/C12H25O4P/c1-3-5-11-15-17(13,14)16-12(8-4-2)9-6-7-10-12/h3-11H2,1-2H3,(H,13,14). The van der Waals surface area contributed by atoms with Crippen molar-refractivity contribution in [1.29, 1.82) is 0 Å². The quantitative estimate of drug-likeness (QED) is 0.531. The summed E-state index contributed by atoms with van der Waals surface area (Å²) in [6.45, 7) is 4.39. The molecule has 0 radical (unpaired) electrons. The van der Waals surface area contributed by atoms with Crippen molar-refractivity contribution < 1.29 is 18.5 Å². The molecule has 0 saturated heterocycles. The molecule has 1 aliphatic carbocycles. The molecule has 1 N–H and O–H groups in total. The molecular formula is C12H25O4P. The number of rotatable bonds is 8. The highest BCUT2D eigenvalue weighted by Crippen LogP contribution is 2.53. The van der Waals surface area contributed by atoms with Gasteiger partial charge in [0.15, 0.2) is 0 Å². The van der Waals surface area contributed by atoms with Crippen molar-refractivity contribution in [2.75, 3.05) is 6.61 Å². The topological polar surface area (TPSA) is 55.8 Å². The van der Waals surface area contributed by atoms with E-state index in [0.717, 1.165) is 51.4 Å². The zero-order valence-electron chi connectivity index (χ0n) is 11.0. The summed E-state index contributed by atoms with van der Waals surface area (Å²) in [7, 11) is -3.87. The van der Waals surface area contributed by atoms with E-state index >= 15 is 0 Å². The van der Waals surface area contributed by atoms with E-state index in [4.69, 9.17) is 9.05 Å². The Bertz CT molecular complexity index is 261. The highest BCUT2D eigenvalue weighted by atomic mass is 31.2. The van der Waals surface area contributed by atoms with Gasteiger partial charge in [0.2, 0.25) is 0 Å². The van der Waals surface area contributed by atoms with Gasteiger partial charge in [-0.2, -0.15) is 0 Å². The van der Waals surface area contributed by atoms with Crippen LogP contribution in [0.25, 0.3) is 0 Å². The molecule has 1 aliphatic rings. The molecule has 1 atom stereocenters. The van der Waals surface area contributed by atoms with Crippen LogP contribution < -0.4 is 0 Å². The van der Waals surface area contributed by atoms with Gasteiger partial charge in [-0.1, -0.05) is 39.5 Å². The fourth-order valence-electron chi connectivity index (χ4n) is 2.46. The molecule has 0 aromatic carbocycles. The molecule has 0 heterocycles. The third-order valence-electron chi connectivity index (χ3n) is 3.28. The molecule has 4 nitrogen and oxygen atoms in total. The van der Waals surface area contributed by atoms with E-state index in [-0.39, 0.29) is 0 Å². The van der Waals surface area contributed by atoms with Gasteiger partial charge in [-0.15, -0.1) is 0 Å². The Balaban J connectivity index is 2.50. The summed E-state index contributed by atoms with van der Waals surface area (Å²) in [5.41, 5.74) is -0.411. The Kier molecular flexibility index (Phi) is 6.14. The van der Waals surface area contributed by atoms with Crippen LogP contribution in [0.4, 0.5) is 0 Å². The molecule has 17 heavy (non-hydrogen) atoms. The monoisotopic (exact) mass is 264 g/mol. The lowest BCUT2D eigenvalue weighted by Crippen LogP contribution is -2.27. The molecule has 1 rings (SSSR count). The van der Waals surface area contributed by atoms with E-state index < -0.39 is 13.4 Å². The zero-order chi connectivity index (χ0) is 12.8. The van der Waals surface area contributed by atoms with Gasteiger partial charge >= 0.3 is 7.82 Å². The SMILES string of the molecule is CCCCOP(=O)(O)OC1(CCC)CCCC1. The van der Waals surface area contributed by atoms with Crippen molar-refractivity contribution in [3.05, 3.63) is 0 Å². The Hall–Kier alpha value is 0.110. The van der Waals surface area contributed by atoms with Crippen molar-refractivity contribution in [2.24, 2.45) is 0 Å². The van der Waals surface area contributed by atoms with E-state index in [0.29, 0.717) is 6.61 Å². The minimum absolute atomic E-state index is 0.298. The second-order valence-electron chi connectivity index (χ2n) is 4.89. The van der Waals surface area contributed by atoms with Crippen LogP contribution in [-0.4, -0.2) is 17.1 Å². The molecule has 0 spiro atoms. The second-order valence-corrected chi connectivity index (χ2v) is 6.26. The van der Waals surface area contributed by atoms with E-state index in [1.807, 2.05) is 6.92 Å². The summed E-state index contributed by atoms with van der Waals surface area (Å²) in [4.78, 5) is 9.70. The first-order valence-electron chi connectivity index (χ1n) is 6.72. The van der Waals surface area contributed by atoms with Crippen molar-refractivity contribution >= 4 is 7.82 Å². The van der Waals surface area contributed by atoms with Crippen LogP contribution in [0, 0.1) is 0 Å². The summed E-state index contributed by atoms with van der Waals surface area (Å²) >= 11 is 0. The largest absolute Gasteiger partial charge is 0.472 e. The fourth-order valence-corrected chi connectivity index (χ4v) is 3.63. The average molecular weight is 264 g/mol. The van der Waals surface area contributed by atoms with Gasteiger partial charge in [0.1, 0.15) is 0 Å². The van der Waals surface area contributed by atoms with Crippen molar-refractivity contribution in [3.8, 4) is 0 Å². The van der Waals surface area contributed by atoms with E-state index in [1.54, 1.807) is 0 Å². The molecule has 0 aromatic heterocycles. The minimum atomic E-state index is -3.87. The Morgan fingerprint density at radius 1 is 1.24 bits per heavy atom. The van der Waals surface area contributed by atoms with Crippen LogP contribution in [0.1, 0.15) is 65.2 Å². The Morgan fingerprint density at radius 2 is 1.88 bits per heavy atom. The van der Waals surface area contributed by atoms with Gasteiger partial charge in [0.25, 0.3) is 0 Å². The number of phosphoric ester groups is 1. The predicted octanol–water partition coefficient (Wildman–Crippen LogP) is 4.03. The molecular weight excluding hydrogens is 239 g/mol. The summed E-state index contributed by atoms with van der Waals surface area (Å²) < 4.78 is 22.3. The van der Waals surface area contributed by atoms with Gasteiger partial charge in [-0.05, 0) is 25.7 Å². The van der Waals surface area contributed by atoms with Crippen molar-refractivity contribution in [1.82, 2.24) is 0 Å². The summed E-state index contributed by atoms with van der Waals surface area (Å²) in [5, 5.41) is 0. The lowest BCUT2D eigenvalue weighted by atomic mass is 9.97. The third-order valence-corrected chi connectivity index (χ3v) is 4.41. The van der Waals surface area contributed by atoms with Crippen LogP contribution in [0.15, 0.2) is 0 Å². The lowest BCUT2D eigenvalue weighted by molar-refractivity contribution is 0.0190. The van der Waals surface area contributed by atoms with E-state index in [9.17, 15) is 9.46 Å². The third kappa shape index (κ3) is 5.09. The first kappa shape index (κ1) is 15.2. The smallest absolute Gasteiger partial charge is 0.302 e. The fraction of sp³-hybridized carbons (Fsp3) is 1.00. The number of unbranched alkanes of at least 4 members (excludes halogenated alkanes) is 1. The summed E-state index contributed by atoms with van der Waals surface area (Å²) in [6.07, 6.45) is 7.45. The zero-order valence-corrected chi connectivity index (χ0v) is 11.9. The maximum Gasteiger partial charge on any atom is 0.472 e. The molecule has 1 saturated carbocycles. The molecule has 102 valence electrons. The maximum absolute atomic E-state index is 11.8. The van der Waals surface area contributed by atoms with Crippen molar-refractivity contribution in [3.63, 3.8) is 0 Å². The number of phosphoric acid groups is 1. The normalized spacial score (nSPS) is 22.5. The second kappa shape index (κ2) is 6.89. The predicted molar refractivity (Wildman–Crippen MR) is 67.9 cm³/mol. The first-order valence-corrected chi connectivity index (χ1v) is 8.21. The summed E-state index contributed by atoms with van der Waals surface area (Å²) in [6, 6.07) is 0. The maximum atomic E-state index is 11.8. The highest BCUT2D eigenvalue weighted by molar-refractivity contribution is 7.47. The average Bonchev–Trinajstić information content (AvgIpc) is 2.66. The van der Waals surface area contributed by atoms with Gasteiger partial charge in [0, 0.05) is 0 Å². The highest BCUT2D eigenvalue weighted by Gasteiger charge is 2.40. The van der Waals surface area contributed by atoms with Gasteiger partial charge in [-0.3, -0.25) is 9.05 Å². The minimum Gasteiger partial charge on any atom is -0.302 e. The van der Waals surface area contributed by atoms with Gasteiger partial charge in [-0.25, -0.2) is 4.57 Å². The van der Waals surface area contributed by atoms with Crippen LogP contribution >= 0.6 is 7.82 Å². The van der Waals surface area contributed by atoms with Gasteiger partial charge in [0.05, 0.1) is 12.2 Å². The molecule has 0 bridgehead atoms. The lowest BCUT2D eigenvalue weighted by Gasteiger charge is -2.30. The van der Waals surface area contributed by atoms with Crippen LogP contribution in [0.3, 0.4) is 0 Å². The van der Waals surface area contributed by atoms with E-state index in [2.05, 4.69) is 6.92 Å². The molecule has 0 amide bonds. The molecule has 0 aliphatic heterocycles.